The number of rotatable bonds is 5. The van der Waals surface area contributed by atoms with Crippen LogP contribution < -0.4 is 10.1 Å². The van der Waals surface area contributed by atoms with Crippen LogP contribution in [0.15, 0.2) is 30.3 Å². The number of H-pyrrole nitrogens is 1. The number of para-hydroxylation sites is 1. The lowest BCUT2D eigenvalue weighted by Gasteiger charge is -2.26. The van der Waals surface area contributed by atoms with Crippen molar-refractivity contribution in [1.29, 1.82) is 0 Å². The minimum Gasteiger partial charge on any atom is -0.491 e. The van der Waals surface area contributed by atoms with Crippen LogP contribution in [0.5, 0.6) is 5.75 Å². The number of hydrogen-bond donors (Lipinski definition) is 2. The average Bonchev–Trinajstić information content (AvgIpc) is 3.08. The fourth-order valence-corrected chi connectivity index (χ4v) is 2.30. The van der Waals surface area contributed by atoms with Crippen molar-refractivity contribution in [3.05, 3.63) is 47.3 Å². The minimum atomic E-state index is -0.516. The lowest BCUT2D eigenvalue weighted by atomic mass is 10.1. The summed E-state index contributed by atoms with van der Waals surface area (Å²) in [6, 6.07) is 9.52. The monoisotopic (exact) mass is 301 g/mol. The van der Waals surface area contributed by atoms with Crippen LogP contribution in [0.25, 0.3) is 0 Å². The zero-order valence-electron chi connectivity index (χ0n) is 12.7. The van der Waals surface area contributed by atoms with Crippen molar-refractivity contribution < 1.29 is 14.3 Å². The SMILES string of the molecule is CC(C)(COc1ccccc1)NC(=O)c1n[nH]c2c1COC2. The summed E-state index contributed by atoms with van der Waals surface area (Å²) in [6.45, 7) is 5.10. The van der Waals surface area contributed by atoms with E-state index in [1.165, 1.54) is 0 Å². The average molecular weight is 301 g/mol. The first-order chi connectivity index (χ1) is 10.6. The van der Waals surface area contributed by atoms with Crippen LogP contribution in [0.2, 0.25) is 0 Å². The molecule has 22 heavy (non-hydrogen) atoms. The van der Waals surface area contributed by atoms with Crippen molar-refractivity contribution in [2.24, 2.45) is 0 Å². The number of fused-ring (bicyclic) bond motifs is 1. The normalized spacial score (nSPS) is 13.7. The van der Waals surface area contributed by atoms with Crippen LogP contribution in [0.1, 0.15) is 35.6 Å². The first-order valence-electron chi connectivity index (χ1n) is 7.19. The van der Waals surface area contributed by atoms with Crippen LogP contribution in [0, 0.1) is 0 Å². The highest BCUT2D eigenvalue weighted by molar-refractivity contribution is 5.94. The molecule has 1 aliphatic heterocycles. The molecule has 0 aliphatic carbocycles. The van der Waals surface area contributed by atoms with Crippen LogP contribution in [-0.4, -0.2) is 28.3 Å². The minimum absolute atomic E-state index is 0.218. The van der Waals surface area contributed by atoms with Crippen molar-refractivity contribution in [3.63, 3.8) is 0 Å². The van der Waals surface area contributed by atoms with Gasteiger partial charge in [-0.1, -0.05) is 18.2 Å². The van der Waals surface area contributed by atoms with E-state index in [9.17, 15) is 4.79 Å². The second-order valence-corrected chi connectivity index (χ2v) is 5.96. The van der Waals surface area contributed by atoms with Gasteiger partial charge in [0.2, 0.25) is 0 Å². The Kier molecular flexibility index (Phi) is 3.85. The molecule has 2 heterocycles. The Morgan fingerprint density at radius 3 is 2.91 bits per heavy atom. The predicted molar refractivity (Wildman–Crippen MR) is 80.6 cm³/mol. The molecule has 6 nitrogen and oxygen atoms in total. The molecule has 2 N–H and O–H groups in total. The summed E-state index contributed by atoms with van der Waals surface area (Å²) >= 11 is 0. The number of amides is 1. The van der Waals surface area contributed by atoms with Crippen LogP contribution in [-0.2, 0) is 18.0 Å². The van der Waals surface area contributed by atoms with Crippen molar-refractivity contribution in [1.82, 2.24) is 15.5 Å². The quantitative estimate of drug-likeness (QED) is 0.886. The Morgan fingerprint density at radius 2 is 2.14 bits per heavy atom. The Hall–Kier alpha value is -2.34. The van der Waals surface area contributed by atoms with E-state index in [2.05, 4.69) is 15.5 Å². The van der Waals surface area contributed by atoms with Gasteiger partial charge in [0, 0.05) is 5.56 Å². The molecule has 1 amide bonds. The Bertz CT molecular complexity index is 665. The van der Waals surface area contributed by atoms with E-state index in [4.69, 9.17) is 9.47 Å². The second-order valence-electron chi connectivity index (χ2n) is 5.96. The van der Waals surface area contributed by atoms with Gasteiger partial charge in [-0.25, -0.2) is 0 Å². The van der Waals surface area contributed by atoms with E-state index in [-0.39, 0.29) is 5.91 Å². The summed E-state index contributed by atoms with van der Waals surface area (Å²) in [5, 5.41) is 9.88. The summed E-state index contributed by atoms with van der Waals surface area (Å²) in [5.41, 5.74) is 1.61. The molecule has 0 fully saturated rings. The molecular formula is C16H19N3O3. The molecule has 3 rings (SSSR count). The molecule has 6 heteroatoms. The molecule has 0 spiro atoms. The van der Waals surface area contributed by atoms with Gasteiger partial charge in [-0.15, -0.1) is 0 Å². The van der Waals surface area contributed by atoms with Crippen LogP contribution >= 0.6 is 0 Å². The van der Waals surface area contributed by atoms with E-state index >= 15 is 0 Å². The van der Waals surface area contributed by atoms with E-state index in [0.717, 1.165) is 17.0 Å². The maximum Gasteiger partial charge on any atom is 0.272 e. The van der Waals surface area contributed by atoms with E-state index < -0.39 is 5.54 Å². The third kappa shape index (κ3) is 3.12. The Morgan fingerprint density at radius 1 is 1.36 bits per heavy atom. The first-order valence-corrected chi connectivity index (χ1v) is 7.19. The molecule has 0 atom stereocenters. The second kappa shape index (κ2) is 5.81. The van der Waals surface area contributed by atoms with Gasteiger partial charge in [0.1, 0.15) is 12.4 Å². The molecule has 1 aromatic heterocycles. The zero-order chi connectivity index (χ0) is 15.6. The van der Waals surface area contributed by atoms with E-state index in [1.807, 2.05) is 44.2 Å². The van der Waals surface area contributed by atoms with E-state index in [0.29, 0.717) is 25.5 Å². The molecule has 0 unspecified atom stereocenters. The van der Waals surface area contributed by atoms with Gasteiger partial charge in [0.15, 0.2) is 5.69 Å². The third-order valence-electron chi connectivity index (χ3n) is 3.46. The summed E-state index contributed by atoms with van der Waals surface area (Å²) in [6.07, 6.45) is 0. The summed E-state index contributed by atoms with van der Waals surface area (Å²) in [5.74, 6) is 0.559. The molecular weight excluding hydrogens is 282 g/mol. The molecule has 0 radical (unpaired) electrons. The maximum absolute atomic E-state index is 12.4. The van der Waals surface area contributed by atoms with Crippen molar-refractivity contribution in [2.45, 2.75) is 32.6 Å². The largest absolute Gasteiger partial charge is 0.491 e. The van der Waals surface area contributed by atoms with Gasteiger partial charge >= 0.3 is 0 Å². The highest BCUT2D eigenvalue weighted by Gasteiger charge is 2.28. The molecule has 2 aromatic rings. The molecule has 1 aromatic carbocycles. The van der Waals surface area contributed by atoms with Crippen molar-refractivity contribution >= 4 is 5.91 Å². The number of hydrogen-bond acceptors (Lipinski definition) is 4. The molecule has 116 valence electrons. The Labute approximate surface area is 128 Å². The van der Waals surface area contributed by atoms with Gasteiger partial charge in [0.25, 0.3) is 5.91 Å². The highest BCUT2D eigenvalue weighted by Crippen LogP contribution is 2.21. The van der Waals surface area contributed by atoms with E-state index in [1.54, 1.807) is 0 Å². The standard InChI is InChI=1S/C16H19N3O3/c1-16(2,10-22-11-6-4-3-5-7-11)17-15(20)14-12-8-21-9-13(12)18-19-14/h3-7H,8-10H2,1-2H3,(H,17,20)(H,18,19). The van der Waals surface area contributed by atoms with Crippen molar-refractivity contribution in [3.8, 4) is 5.75 Å². The topological polar surface area (TPSA) is 76.2 Å². The fraction of sp³-hybridized carbons (Fsp3) is 0.375. The predicted octanol–water partition coefficient (Wildman–Crippen LogP) is 2.03. The molecule has 1 aliphatic rings. The van der Waals surface area contributed by atoms with Gasteiger partial charge in [-0.05, 0) is 26.0 Å². The molecule has 0 saturated heterocycles. The number of nitrogens with zero attached hydrogens (tertiary/aromatic N) is 1. The summed E-state index contributed by atoms with van der Waals surface area (Å²) in [4.78, 5) is 12.4. The highest BCUT2D eigenvalue weighted by atomic mass is 16.5. The lowest BCUT2D eigenvalue weighted by Crippen LogP contribution is -2.48. The molecule has 0 bridgehead atoms. The summed E-state index contributed by atoms with van der Waals surface area (Å²) in [7, 11) is 0. The number of carbonyl (C=O) groups is 1. The third-order valence-corrected chi connectivity index (χ3v) is 3.46. The number of carbonyl (C=O) groups excluding carboxylic acids is 1. The first kappa shape index (κ1) is 14.6. The Balaban J connectivity index is 1.62. The summed E-state index contributed by atoms with van der Waals surface area (Å²) < 4.78 is 11.0. The van der Waals surface area contributed by atoms with Crippen LogP contribution in [0.3, 0.4) is 0 Å². The smallest absolute Gasteiger partial charge is 0.272 e. The lowest BCUT2D eigenvalue weighted by molar-refractivity contribution is 0.0868. The van der Waals surface area contributed by atoms with Gasteiger partial charge in [-0.3, -0.25) is 9.89 Å². The zero-order valence-corrected chi connectivity index (χ0v) is 12.7. The number of benzene rings is 1. The van der Waals surface area contributed by atoms with Gasteiger partial charge in [0.05, 0.1) is 24.4 Å². The number of aromatic nitrogens is 2. The maximum atomic E-state index is 12.4. The van der Waals surface area contributed by atoms with Crippen molar-refractivity contribution in [2.75, 3.05) is 6.61 Å². The molecule has 0 saturated carbocycles. The fourth-order valence-electron chi connectivity index (χ4n) is 2.30. The number of aromatic amines is 1. The van der Waals surface area contributed by atoms with Gasteiger partial charge < -0.3 is 14.8 Å². The van der Waals surface area contributed by atoms with Gasteiger partial charge in [-0.2, -0.15) is 5.10 Å². The van der Waals surface area contributed by atoms with Crippen LogP contribution in [0.4, 0.5) is 0 Å². The number of nitrogens with one attached hydrogen (secondary N) is 2. The number of ether oxygens (including phenoxy) is 2.